The maximum atomic E-state index is 12.3. The maximum absolute atomic E-state index is 12.3. The second kappa shape index (κ2) is 8.83. The number of thiophene rings is 1. The van der Waals surface area contributed by atoms with E-state index in [9.17, 15) is 9.59 Å². The number of unbranched alkanes of at least 4 members (excludes halogenated alkanes) is 1. The van der Waals surface area contributed by atoms with Gasteiger partial charge < -0.3 is 10.1 Å². The van der Waals surface area contributed by atoms with Gasteiger partial charge in [-0.25, -0.2) is 0 Å². The summed E-state index contributed by atoms with van der Waals surface area (Å²) < 4.78 is 5.40. The Bertz CT molecular complexity index is 489. The number of carbonyl (C=O) groups is 2. The highest BCUT2D eigenvalue weighted by atomic mass is 32.1. The number of hydrogen-bond donors (Lipinski definition) is 1. The molecule has 0 aromatic carbocycles. The van der Waals surface area contributed by atoms with Gasteiger partial charge in [-0.05, 0) is 64.1 Å². The highest BCUT2D eigenvalue weighted by Crippen LogP contribution is 2.21. The molecule has 1 atom stereocenters. The van der Waals surface area contributed by atoms with Crippen LogP contribution in [0.3, 0.4) is 0 Å². The Morgan fingerprint density at radius 1 is 1.41 bits per heavy atom. The van der Waals surface area contributed by atoms with E-state index < -0.39 is 17.5 Å². The minimum atomic E-state index is -0.702. The van der Waals surface area contributed by atoms with Crippen molar-refractivity contribution in [3.05, 3.63) is 22.4 Å². The average Bonchev–Trinajstić information content (AvgIpc) is 2.90. The van der Waals surface area contributed by atoms with Crippen molar-refractivity contribution in [2.24, 2.45) is 5.92 Å². The van der Waals surface area contributed by atoms with Crippen molar-refractivity contribution >= 4 is 29.3 Å². The Labute approximate surface area is 136 Å². The lowest BCUT2D eigenvalue weighted by Crippen LogP contribution is -2.33. The van der Waals surface area contributed by atoms with Gasteiger partial charge in [0.15, 0.2) is 0 Å². The molecule has 1 aromatic rings. The first-order chi connectivity index (χ1) is 10.3. The molecule has 0 spiro atoms. The van der Waals surface area contributed by atoms with Gasteiger partial charge in [0.1, 0.15) is 17.3 Å². The van der Waals surface area contributed by atoms with E-state index >= 15 is 0 Å². The van der Waals surface area contributed by atoms with Crippen LogP contribution in [-0.4, -0.2) is 23.6 Å². The molecule has 122 valence electrons. The fourth-order valence-corrected chi connectivity index (χ4v) is 2.80. The van der Waals surface area contributed by atoms with E-state index in [4.69, 9.17) is 10.1 Å². The van der Waals surface area contributed by atoms with Gasteiger partial charge in [-0.3, -0.25) is 9.59 Å². The number of ether oxygens (including phenoxy) is 1. The van der Waals surface area contributed by atoms with Crippen LogP contribution >= 0.6 is 11.3 Å². The van der Waals surface area contributed by atoms with Gasteiger partial charge in [0, 0.05) is 11.3 Å². The number of rotatable bonds is 9. The lowest BCUT2D eigenvalue weighted by Gasteiger charge is -2.23. The predicted octanol–water partition coefficient (Wildman–Crippen LogP) is 4.03. The molecule has 22 heavy (non-hydrogen) atoms. The molecule has 1 aromatic heterocycles. The Kier molecular flexibility index (Phi) is 7.45. The van der Waals surface area contributed by atoms with E-state index in [-0.39, 0.29) is 5.78 Å². The third kappa shape index (κ3) is 6.98. The molecule has 1 N–H and O–H groups in total. The average molecular weight is 323 g/mol. The standard InChI is InChI=1S/C17H25NO3S/c1-17(2,3)21-16(20)14(15(19)8-4-5-11-18)10-9-13-7-6-12-22-13/h6-7,11-12,14,18H,4-5,8-10H2,1-3H3. The molecule has 0 radical (unpaired) electrons. The van der Waals surface area contributed by atoms with E-state index in [1.165, 1.54) is 11.1 Å². The van der Waals surface area contributed by atoms with E-state index in [1.54, 1.807) is 32.1 Å². The number of ketones is 1. The quantitative estimate of drug-likeness (QED) is 0.323. The zero-order valence-electron chi connectivity index (χ0n) is 13.6. The topological polar surface area (TPSA) is 67.2 Å². The van der Waals surface area contributed by atoms with E-state index in [2.05, 4.69) is 0 Å². The molecule has 0 aliphatic heterocycles. The highest BCUT2D eigenvalue weighted by molar-refractivity contribution is 7.09. The second-order valence-electron chi connectivity index (χ2n) is 6.27. The van der Waals surface area contributed by atoms with Crippen LogP contribution in [0.4, 0.5) is 0 Å². The first-order valence-corrected chi connectivity index (χ1v) is 8.48. The summed E-state index contributed by atoms with van der Waals surface area (Å²) in [6.07, 6.45) is 3.99. The van der Waals surface area contributed by atoms with Crippen LogP contribution in [0.15, 0.2) is 17.5 Å². The van der Waals surface area contributed by atoms with Crippen molar-refractivity contribution in [2.75, 3.05) is 0 Å². The number of nitrogens with one attached hydrogen (secondary N) is 1. The molecule has 1 unspecified atom stereocenters. The highest BCUT2D eigenvalue weighted by Gasteiger charge is 2.30. The van der Waals surface area contributed by atoms with Gasteiger partial charge in [0.25, 0.3) is 0 Å². The molecular weight excluding hydrogens is 298 g/mol. The van der Waals surface area contributed by atoms with Crippen LogP contribution in [-0.2, 0) is 20.7 Å². The number of Topliss-reactive ketones (excluding diaryl/α,β-unsaturated/α-hetero) is 1. The van der Waals surface area contributed by atoms with Gasteiger partial charge in [-0.1, -0.05) is 6.07 Å². The second-order valence-corrected chi connectivity index (χ2v) is 7.30. The van der Waals surface area contributed by atoms with E-state index in [0.717, 1.165) is 0 Å². The van der Waals surface area contributed by atoms with Crippen molar-refractivity contribution < 1.29 is 14.3 Å². The number of esters is 1. The normalized spacial score (nSPS) is 12.7. The lowest BCUT2D eigenvalue weighted by atomic mass is 9.94. The van der Waals surface area contributed by atoms with Crippen LogP contribution in [0.5, 0.6) is 0 Å². The monoisotopic (exact) mass is 323 g/mol. The summed E-state index contributed by atoms with van der Waals surface area (Å²) in [7, 11) is 0. The van der Waals surface area contributed by atoms with Gasteiger partial charge in [0.2, 0.25) is 0 Å². The smallest absolute Gasteiger partial charge is 0.317 e. The molecule has 1 rings (SSSR count). The maximum Gasteiger partial charge on any atom is 0.317 e. The van der Waals surface area contributed by atoms with Crippen molar-refractivity contribution in [1.29, 1.82) is 5.41 Å². The van der Waals surface area contributed by atoms with Gasteiger partial charge in [-0.15, -0.1) is 11.3 Å². The third-order valence-electron chi connectivity index (χ3n) is 3.11. The fourth-order valence-electron chi connectivity index (χ4n) is 2.08. The SMILES string of the molecule is CC(C)(C)OC(=O)C(CCc1cccs1)C(=O)CCCC=N. The molecule has 0 aliphatic carbocycles. The molecule has 5 heteroatoms. The van der Waals surface area contributed by atoms with Gasteiger partial charge in [-0.2, -0.15) is 0 Å². The molecule has 0 aliphatic rings. The largest absolute Gasteiger partial charge is 0.459 e. The minimum Gasteiger partial charge on any atom is -0.459 e. The fraction of sp³-hybridized carbons (Fsp3) is 0.588. The first-order valence-electron chi connectivity index (χ1n) is 7.60. The van der Waals surface area contributed by atoms with Crippen molar-refractivity contribution in [3.63, 3.8) is 0 Å². The summed E-state index contributed by atoms with van der Waals surface area (Å²) in [4.78, 5) is 25.8. The minimum absolute atomic E-state index is 0.0762. The summed E-state index contributed by atoms with van der Waals surface area (Å²) in [6.45, 7) is 5.42. The number of aryl methyl sites for hydroxylation is 1. The van der Waals surface area contributed by atoms with Crippen LogP contribution < -0.4 is 0 Å². The summed E-state index contributed by atoms with van der Waals surface area (Å²) in [5.41, 5.74) is -0.590. The van der Waals surface area contributed by atoms with Crippen LogP contribution in [0.1, 0.15) is 51.3 Å². The van der Waals surface area contributed by atoms with E-state index in [0.29, 0.717) is 32.1 Å². The molecule has 0 saturated carbocycles. The molecule has 1 heterocycles. The van der Waals surface area contributed by atoms with E-state index in [1.807, 2.05) is 17.5 Å². The molecule has 4 nitrogen and oxygen atoms in total. The molecule has 0 bridgehead atoms. The first kappa shape index (κ1) is 18.6. The molecule has 0 fully saturated rings. The third-order valence-corrected chi connectivity index (χ3v) is 4.05. The molecule has 0 amide bonds. The van der Waals surface area contributed by atoms with Gasteiger partial charge in [0.05, 0.1) is 0 Å². The van der Waals surface area contributed by atoms with Crippen molar-refractivity contribution in [2.45, 2.75) is 58.5 Å². The van der Waals surface area contributed by atoms with Crippen LogP contribution in [0.25, 0.3) is 0 Å². The summed E-state index contributed by atoms with van der Waals surface area (Å²) in [5, 5.41) is 9.00. The summed E-state index contributed by atoms with van der Waals surface area (Å²) in [6, 6.07) is 3.98. The Hall–Kier alpha value is -1.49. The van der Waals surface area contributed by atoms with Crippen molar-refractivity contribution in [3.8, 4) is 0 Å². The Morgan fingerprint density at radius 3 is 2.68 bits per heavy atom. The lowest BCUT2D eigenvalue weighted by molar-refractivity contribution is -0.162. The summed E-state index contributed by atoms with van der Waals surface area (Å²) >= 11 is 1.63. The Balaban J connectivity index is 2.68. The molecular formula is C17H25NO3S. The zero-order chi connectivity index (χ0) is 16.6. The zero-order valence-corrected chi connectivity index (χ0v) is 14.4. The Morgan fingerprint density at radius 2 is 2.14 bits per heavy atom. The molecule has 0 saturated heterocycles. The van der Waals surface area contributed by atoms with Crippen LogP contribution in [0.2, 0.25) is 0 Å². The number of hydrogen-bond acceptors (Lipinski definition) is 5. The number of carbonyl (C=O) groups excluding carboxylic acids is 2. The van der Waals surface area contributed by atoms with Gasteiger partial charge >= 0.3 is 5.97 Å². The predicted molar refractivity (Wildman–Crippen MR) is 89.6 cm³/mol. The van der Waals surface area contributed by atoms with Crippen molar-refractivity contribution in [1.82, 2.24) is 0 Å². The summed E-state index contributed by atoms with van der Waals surface area (Å²) in [5.74, 6) is -1.20. The van der Waals surface area contributed by atoms with Crippen LogP contribution in [0, 0.1) is 11.3 Å².